The summed E-state index contributed by atoms with van der Waals surface area (Å²) < 4.78 is 0. The lowest BCUT2D eigenvalue weighted by Crippen LogP contribution is -1.98. The number of hydrogen-bond donors (Lipinski definition) is 0. The van der Waals surface area contributed by atoms with E-state index in [0.29, 0.717) is 11.3 Å². The molecule has 124 valence electrons. The van der Waals surface area contributed by atoms with Crippen LogP contribution in [0, 0.1) is 0 Å². The highest BCUT2D eigenvalue weighted by Crippen LogP contribution is 2.33. The molecule has 0 aliphatic carbocycles. The molecule has 1 heterocycles. The van der Waals surface area contributed by atoms with Crippen molar-refractivity contribution < 1.29 is 4.79 Å². The van der Waals surface area contributed by atoms with E-state index in [9.17, 15) is 4.79 Å². The number of aldehydes is 1. The number of carbonyl (C=O) groups is 1. The van der Waals surface area contributed by atoms with Crippen molar-refractivity contribution in [3.63, 3.8) is 0 Å². The third kappa shape index (κ3) is 3.05. The van der Waals surface area contributed by atoms with Gasteiger partial charge in [0.2, 0.25) is 0 Å². The van der Waals surface area contributed by atoms with E-state index in [2.05, 4.69) is 0 Å². The first kappa shape index (κ1) is 16.0. The molecule has 2 heteroatoms. The van der Waals surface area contributed by atoms with Gasteiger partial charge < -0.3 is 0 Å². The number of aromatic nitrogens is 1. The molecule has 0 N–H and O–H groups in total. The number of nitrogens with zero attached hydrogens (tertiary/aromatic N) is 1. The Morgan fingerprint density at radius 1 is 0.615 bits per heavy atom. The molecule has 0 bridgehead atoms. The van der Waals surface area contributed by atoms with E-state index in [4.69, 9.17) is 4.98 Å². The molecular formula is C24H17NO. The minimum Gasteiger partial charge on any atom is -0.298 e. The summed E-state index contributed by atoms with van der Waals surface area (Å²) in [6.45, 7) is 0. The van der Waals surface area contributed by atoms with E-state index in [1.54, 1.807) is 0 Å². The van der Waals surface area contributed by atoms with Gasteiger partial charge in [0, 0.05) is 16.7 Å². The molecule has 4 aromatic rings. The van der Waals surface area contributed by atoms with Crippen molar-refractivity contribution in [3.05, 3.63) is 103 Å². The Hall–Kier alpha value is -3.52. The molecule has 0 unspecified atom stereocenters. The first-order valence-corrected chi connectivity index (χ1v) is 8.53. The van der Waals surface area contributed by atoms with Gasteiger partial charge in [0.15, 0.2) is 6.29 Å². The fourth-order valence-electron chi connectivity index (χ4n) is 3.10. The lowest BCUT2D eigenvalue weighted by Gasteiger charge is -2.14. The van der Waals surface area contributed by atoms with E-state index < -0.39 is 0 Å². The van der Waals surface area contributed by atoms with Crippen LogP contribution >= 0.6 is 0 Å². The van der Waals surface area contributed by atoms with E-state index in [1.165, 1.54) is 0 Å². The Labute approximate surface area is 152 Å². The maximum absolute atomic E-state index is 12.0. The zero-order chi connectivity index (χ0) is 17.8. The summed E-state index contributed by atoms with van der Waals surface area (Å²) in [7, 11) is 0. The molecule has 3 aromatic carbocycles. The van der Waals surface area contributed by atoms with Gasteiger partial charge in [-0.2, -0.15) is 0 Å². The van der Waals surface area contributed by atoms with Crippen molar-refractivity contribution in [2.45, 2.75) is 0 Å². The Balaban J connectivity index is 2.03. The predicted octanol–water partition coefficient (Wildman–Crippen LogP) is 5.90. The van der Waals surface area contributed by atoms with Crippen molar-refractivity contribution in [1.82, 2.24) is 4.98 Å². The number of hydrogen-bond acceptors (Lipinski definition) is 2. The third-order valence-electron chi connectivity index (χ3n) is 4.38. The second-order valence-corrected chi connectivity index (χ2v) is 6.03. The highest BCUT2D eigenvalue weighted by atomic mass is 16.1. The van der Waals surface area contributed by atoms with Gasteiger partial charge in [0.25, 0.3) is 0 Å². The molecule has 26 heavy (non-hydrogen) atoms. The summed E-state index contributed by atoms with van der Waals surface area (Å²) in [5.41, 5.74) is 6.04. The minimum atomic E-state index is 0.613. The van der Waals surface area contributed by atoms with Gasteiger partial charge >= 0.3 is 0 Å². The molecule has 0 aliphatic rings. The van der Waals surface area contributed by atoms with Gasteiger partial charge in [-0.05, 0) is 17.2 Å². The summed E-state index contributed by atoms with van der Waals surface area (Å²) in [5.74, 6) is 0. The molecule has 0 spiro atoms. The minimum absolute atomic E-state index is 0.613. The lowest BCUT2D eigenvalue weighted by molar-refractivity contribution is 0.112. The number of rotatable bonds is 4. The molecule has 0 saturated carbocycles. The van der Waals surface area contributed by atoms with E-state index in [1.807, 2.05) is 97.1 Å². The summed E-state index contributed by atoms with van der Waals surface area (Å²) >= 11 is 0. The highest BCUT2D eigenvalue weighted by Gasteiger charge is 2.16. The highest BCUT2D eigenvalue weighted by molar-refractivity contribution is 5.96. The first-order valence-electron chi connectivity index (χ1n) is 8.53. The molecule has 2 nitrogen and oxygen atoms in total. The second kappa shape index (κ2) is 7.16. The summed E-state index contributed by atoms with van der Waals surface area (Å²) in [6.07, 6.45) is 0.909. The predicted molar refractivity (Wildman–Crippen MR) is 106 cm³/mol. The maximum Gasteiger partial charge on any atom is 0.152 e. The molecule has 4 rings (SSSR count). The van der Waals surface area contributed by atoms with Crippen molar-refractivity contribution in [2.75, 3.05) is 0 Å². The van der Waals surface area contributed by atoms with Crippen LogP contribution in [0.2, 0.25) is 0 Å². The zero-order valence-corrected chi connectivity index (χ0v) is 14.2. The van der Waals surface area contributed by atoms with Crippen molar-refractivity contribution >= 4 is 6.29 Å². The van der Waals surface area contributed by atoms with Gasteiger partial charge in [-0.3, -0.25) is 4.79 Å². The quantitative estimate of drug-likeness (QED) is 0.435. The monoisotopic (exact) mass is 335 g/mol. The van der Waals surface area contributed by atoms with Crippen LogP contribution in [0.15, 0.2) is 97.1 Å². The number of pyridine rings is 1. The molecule has 0 saturated heterocycles. The smallest absolute Gasteiger partial charge is 0.152 e. The molecule has 0 aliphatic heterocycles. The molecule has 0 amide bonds. The van der Waals surface area contributed by atoms with Crippen molar-refractivity contribution in [2.24, 2.45) is 0 Å². The van der Waals surface area contributed by atoms with Gasteiger partial charge in [-0.1, -0.05) is 91.0 Å². The number of benzene rings is 3. The average Bonchev–Trinajstić information content (AvgIpc) is 2.74. The molecule has 0 atom stereocenters. The van der Waals surface area contributed by atoms with Crippen LogP contribution < -0.4 is 0 Å². The summed E-state index contributed by atoms with van der Waals surface area (Å²) in [4.78, 5) is 16.8. The number of carbonyl (C=O) groups excluding carboxylic acids is 1. The topological polar surface area (TPSA) is 30.0 Å². The lowest BCUT2D eigenvalue weighted by atomic mass is 9.94. The largest absolute Gasteiger partial charge is 0.298 e. The van der Waals surface area contributed by atoms with Gasteiger partial charge in [0.05, 0.1) is 11.4 Å². The Bertz CT molecular complexity index is 965. The van der Waals surface area contributed by atoms with Crippen molar-refractivity contribution in [1.29, 1.82) is 0 Å². The average molecular weight is 335 g/mol. The van der Waals surface area contributed by atoms with Crippen LogP contribution in [0.4, 0.5) is 0 Å². The van der Waals surface area contributed by atoms with E-state index >= 15 is 0 Å². The Morgan fingerprint density at radius 3 is 1.65 bits per heavy atom. The molecule has 0 fully saturated rings. The van der Waals surface area contributed by atoms with E-state index in [0.717, 1.165) is 34.2 Å². The maximum atomic E-state index is 12.0. The SMILES string of the molecule is O=Cc1c(-c2ccccc2)cc(-c2ccccc2)nc1-c1ccccc1. The van der Waals surface area contributed by atoms with Gasteiger partial charge in [0.1, 0.15) is 0 Å². The first-order chi connectivity index (χ1) is 12.9. The van der Waals surface area contributed by atoms with Gasteiger partial charge in [-0.25, -0.2) is 4.98 Å². The van der Waals surface area contributed by atoms with Crippen LogP contribution in [-0.2, 0) is 0 Å². The fourth-order valence-corrected chi connectivity index (χ4v) is 3.10. The Kier molecular flexibility index (Phi) is 4.40. The van der Waals surface area contributed by atoms with Crippen molar-refractivity contribution in [3.8, 4) is 33.6 Å². The van der Waals surface area contributed by atoms with Crippen LogP contribution in [0.1, 0.15) is 10.4 Å². The summed E-state index contributed by atoms with van der Waals surface area (Å²) in [6, 6.07) is 31.9. The molecule has 0 radical (unpaired) electrons. The third-order valence-corrected chi connectivity index (χ3v) is 4.38. The zero-order valence-electron chi connectivity index (χ0n) is 14.2. The fraction of sp³-hybridized carbons (Fsp3) is 0. The molecule has 1 aromatic heterocycles. The van der Waals surface area contributed by atoms with Crippen LogP contribution in [0.25, 0.3) is 33.6 Å². The van der Waals surface area contributed by atoms with Crippen LogP contribution in [0.3, 0.4) is 0 Å². The second-order valence-electron chi connectivity index (χ2n) is 6.03. The standard InChI is InChI=1S/C24H17NO/c26-17-22-21(18-10-4-1-5-11-18)16-23(19-12-6-2-7-13-19)25-24(22)20-14-8-3-9-15-20/h1-17H. The normalized spacial score (nSPS) is 10.5. The molecular weight excluding hydrogens is 318 g/mol. The summed E-state index contributed by atoms with van der Waals surface area (Å²) in [5, 5.41) is 0. The van der Waals surface area contributed by atoms with E-state index in [-0.39, 0.29) is 0 Å². The van der Waals surface area contributed by atoms with Crippen LogP contribution in [0.5, 0.6) is 0 Å². The van der Waals surface area contributed by atoms with Gasteiger partial charge in [-0.15, -0.1) is 0 Å². The Morgan fingerprint density at radius 2 is 1.12 bits per heavy atom. The van der Waals surface area contributed by atoms with Crippen LogP contribution in [-0.4, -0.2) is 11.3 Å².